The summed E-state index contributed by atoms with van der Waals surface area (Å²) in [5.74, 6) is 0.379. The van der Waals surface area contributed by atoms with Crippen LogP contribution < -0.4 is 5.32 Å². The lowest BCUT2D eigenvalue weighted by molar-refractivity contribution is -0.137. The highest BCUT2D eigenvalue weighted by Gasteiger charge is 2.40. The normalized spacial score (nSPS) is 26.1. The van der Waals surface area contributed by atoms with Crippen molar-refractivity contribution < 1.29 is 13.2 Å². The van der Waals surface area contributed by atoms with E-state index in [1.54, 1.807) is 0 Å². The molecule has 0 aliphatic heterocycles. The summed E-state index contributed by atoms with van der Waals surface area (Å²) in [6.07, 6.45) is -1.15. The Labute approximate surface area is 102 Å². The number of alkyl halides is 3. The van der Waals surface area contributed by atoms with Gasteiger partial charge in [0.05, 0.1) is 0 Å². The van der Waals surface area contributed by atoms with E-state index in [4.69, 9.17) is 0 Å². The largest absolute Gasteiger partial charge is 0.389 e. The molecule has 0 aromatic rings. The molecule has 0 aromatic carbocycles. The fraction of sp³-hybridized carbons (Fsp3) is 1.00. The highest BCUT2D eigenvalue weighted by atomic mass is 19.4. The van der Waals surface area contributed by atoms with Crippen molar-refractivity contribution in [2.75, 3.05) is 6.54 Å². The van der Waals surface area contributed by atoms with E-state index >= 15 is 0 Å². The van der Waals surface area contributed by atoms with Gasteiger partial charge < -0.3 is 5.32 Å². The summed E-state index contributed by atoms with van der Waals surface area (Å²) in [5.41, 5.74) is 0.179. The van der Waals surface area contributed by atoms with Crippen LogP contribution in [0.5, 0.6) is 0 Å². The summed E-state index contributed by atoms with van der Waals surface area (Å²) in [6.45, 7) is 7.07. The lowest BCUT2D eigenvalue weighted by Gasteiger charge is -2.35. The zero-order chi connectivity index (χ0) is 13.1. The molecule has 1 saturated carbocycles. The van der Waals surface area contributed by atoms with Crippen LogP contribution in [0.1, 0.15) is 52.9 Å². The number of hydrogen-bond donors (Lipinski definition) is 1. The Morgan fingerprint density at radius 2 is 2.00 bits per heavy atom. The van der Waals surface area contributed by atoms with Crippen LogP contribution >= 0.6 is 0 Å². The van der Waals surface area contributed by atoms with Gasteiger partial charge in [-0.25, -0.2) is 0 Å². The average molecular weight is 251 g/mol. The van der Waals surface area contributed by atoms with Crippen molar-refractivity contribution in [3.05, 3.63) is 0 Å². The first-order valence-corrected chi connectivity index (χ1v) is 6.56. The second-order valence-electron chi connectivity index (χ2n) is 5.81. The Morgan fingerprint density at radius 1 is 1.35 bits per heavy atom. The van der Waals surface area contributed by atoms with Crippen molar-refractivity contribution in [3.63, 3.8) is 0 Å². The molecule has 1 aliphatic carbocycles. The quantitative estimate of drug-likeness (QED) is 0.774. The number of rotatable bonds is 5. The first-order valence-electron chi connectivity index (χ1n) is 6.56. The fourth-order valence-corrected chi connectivity index (χ4v) is 3.13. The third-order valence-corrected chi connectivity index (χ3v) is 4.03. The van der Waals surface area contributed by atoms with Crippen molar-refractivity contribution >= 4 is 0 Å². The molecule has 0 radical (unpaired) electrons. The first kappa shape index (κ1) is 14.8. The minimum absolute atomic E-state index is 0.0131. The van der Waals surface area contributed by atoms with Gasteiger partial charge in [0.1, 0.15) is 0 Å². The van der Waals surface area contributed by atoms with Crippen molar-refractivity contribution in [1.29, 1.82) is 0 Å². The molecular formula is C13H24F3N. The zero-order valence-electron chi connectivity index (χ0n) is 11.0. The summed E-state index contributed by atoms with van der Waals surface area (Å²) < 4.78 is 36.9. The minimum Gasteiger partial charge on any atom is -0.314 e. The third kappa shape index (κ3) is 4.49. The molecule has 1 aliphatic rings. The maximum absolute atomic E-state index is 12.3. The highest BCUT2D eigenvalue weighted by molar-refractivity contribution is 4.92. The van der Waals surface area contributed by atoms with E-state index in [0.717, 1.165) is 25.8 Å². The molecule has 1 nitrogen and oxygen atoms in total. The lowest BCUT2D eigenvalue weighted by atomic mass is 9.76. The topological polar surface area (TPSA) is 12.0 Å². The molecule has 1 fully saturated rings. The van der Waals surface area contributed by atoms with Gasteiger partial charge in [-0.3, -0.25) is 0 Å². The van der Waals surface area contributed by atoms with Gasteiger partial charge in [0.15, 0.2) is 0 Å². The van der Waals surface area contributed by atoms with Crippen LogP contribution in [0, 0.1) is 11.3 Å². The monoisotopic (exact) mass is 251 g/mol. The Balaban J connectivity index is 2.59. The predicted molar refractivity (Wildman–Crippen MR) is 63.9 cm³/mol. The van der Waals surface area contributed by atoms with Crippen molar-refractivity contribution in [2.45, 2.75) is 65.1 Å². The molecule has 0 spiro atoms. The Bertz CT molecular complexity index is 235. The molecule has 17 heavy (non-hydrogen) atoms. The zero-order valence-corrected chi connectivity index (χ0v) is 11.0. The molecule has 4 heteroatoms. The van der Waals surface area contributed by atoms with E-state index < -0.39 is 12.6 Å². The predicted octanol–water partition coefficient (Wildman–Crippen LogP) is 4.13. The van der Waals surface area contributed by atoms with E-state index in [1.807, 2.05) is 6.92 Å². The summed E-state index contributed by atoms with van der Waals surface area (Å²) in [4.78, 5) is 0. The van der Waals surface area contributed by atoms with Gasteiger partial charge in [-0.15, -0.1) is 0 Å². The molecule has 2 atom stereocenters. The standard InChI is InChI=1S/C13H24F3N/c1-4-17-11(7-9-13(14,15)16)10-6-5-8-12(10,2)3/h10-11,17H,4-9H2,1-3H3. The molecule has 0 amide bonds. The van der Waals surface area contributed by atoms with Crippen LogP contribution in [0.2, 0.25) is 0 Å². The molecule has 0 bridgehead atoms. The van der Waals surface area contributed by atoms with Crippen molar-refractivity contribution in [3.8, 4) is 0 Å². The fourth-order valence-electron chi connectivity index (χ4n) is 3.13. The Morgan fingerprint density at radius 3 is 2.41 bits per heavy atom. The van der Waals surface area contributed by atoms with Gasteiger partial charge in [0.2, 0.25) is 0 Å². The van der Waals surface area contributed by atoms with Gasteiger partial charge in [0, 0.05) is 12.5 Å². The molecule has 0 heterocycles. The van der Waals surface area contributed by atoms with E-state index in [9.17, 15) is 13.2 Å². The van der Waals surface area contributed by atoms with Crippen LogP contribution in [-0.2, 0) is 0 Å². The van der Waals surface area contributed by atoms with Crippen LogP contribution in [0.3, 0.4) is 0 Å². The summed E-state index contributed by atoms with van der Waals surface area (Å²) in [7, 11) is 0. The maximum Gasteiger partial charge on any atom is 0.389 e. The summed E-state index contributed by atoms with van der Waals surface area (Å²) in [6, 6.07) is 0.0131. The number of halogens is 3. The van der Waals surface area contributed by atoms with Crippen molar-refractivity contribution in [2.24, 2.45) is 11.3 Å². The first-order chi connectivity index (χ1) is 7.76. The molecular weight excluding hydrogens is 227 g/mol. The van der Waals surface area contributed by atoms with Crippen molar-refractivity contribution in [1.82, 2.24) is 5.32 Å². The molecule has 2 unspecified atom stereocenters. The molecule has 102 valence electrons. The highest BCUT2D eigenvalue weighted by Crippen LogP contribution is 2.45. The summed E-state index contributed by atoms with van der Waals surface area (Å²) >= 11 is 0. The SMILES string of the molecule is CCNC(CCC(F)(F)F)C1CCCC1(C)C. The third-order valence-electron chi connectivity index (χ3n) is 4.03. The molecule has 1 rings (SSSR count). The Hall–Kier alpha value is -0.250. The van der Waals surface area contributed by atoms with Crippen LogP contribution in [-0.4, -0.2) is 18.8 Å². The van der Waals surface area contributed by atoms with Gasteiger partial charge in [-0.2, -0.15) is 13.2 Å². The van der Waals surface area contributed by atoms with Crippen LogP contribution in [0.25, 0.3) is 0 Å². The van der Waals surface area contributed by atoms with E-state index in [1.165, 1.54) is 0 Å². The maximum atomic E-state index is 12.3. The van der Waals surface area contributed by atoms with E-state index in [0.29, 0.717) is 5.92 Å². The van der Waals surface area contributed by atoms with Gasteiger partial charge in [0.25, 0.3) is 0 Å². The van der Waals surface area contributed by atoms with Gasteiger partial charge in [-0.05, 0) is 37.1 Å². The van der Waals surface area contributed by atoms with Gasteiger partial charge in [-0.1, -0.05) is 27.2 Å². The molecule has 1 N–H and O–H groups in total. The number of hydrogen-bond acceptors (Lipinski definition) is 1. The molecule has 0 saturated heterocycles. The average Bonchev–Trinajstić information content (AvgIpc) is 2.51. The second-order valence-corrected chi connectivity index (χ2v) is 5.81. The van der Waals surface area contributed by atoms with Crippen LogP contribution in [0.4, 0.5) is 13.2 Å². The second kappa shape index (κ2) is 5.59. The molecule has 0 aromatic heterocycles. The lowest BCUT2D eigenvalue weighted by Crippen LogP contribution is -2.41. The van der Waals surface area contributed by atoms with Gasteiger partial charge >= 0.3 is 6.18 Å². The van der Waals surface area contributed by atoms with E-state index in [2.05, 4.69) is 19.2 Å². The summed E-state index contributed by atoms with van der Waals surface area (Å²) in [5, 5.41) is 3.25. The van der Waals surface area contributed by atoms with Crippen LogP contribution in [0.15, 0.2) is 0 Å². The van der Waals surface area contributed by atoms with E-state index in [-0.39, 0.29) is 17.9 Å². The number of nitrogens with one attached hydrogen (secondary N) is 1. The Kier molecular flexibility index (Phi) is 4.87. The minimum atomic E-state index is -4.03. The smallest absolute Gasteiger partial charge is 0.314 e.